The lowest BCUT2D eigenvalue weighted by Gasteiger charge is -2.05. The molecule has 5 nitrogen and oxygen atoms in total. The molecule has 0 aliphatic carbocycles. The molecule has 0 saturated heterocycles. The van der Waals surface area contributed by atoms with E-state index in [0.717, 1.165) is 4.47 Å². The molecule has 17 heavy (non-hydrogen) atoms. The highest BCUT2D eigenvalue weighted by atomic mass is 79.9. The third kappa shape index (κ3) is 3.39. The van der Waals surface area contributed by atoms with Crippen molar-refractivity contribution in [3.63, 3.8) is 0 Å². The Morgan fingerprint density at radius 2 is 2.12 bits per heavy atom. The van der Waals surface area contributed by atoms with E-state index >= 15 is 0 Å². The van der Waals surface area contributed by atoms with E-state index in [1.807, 2.05) is 12.1 Å². The van der Waals surface area contributed by atoms with Gasteiger partial charge in [-0.25, -0.2) is 0 Å². The summed E-state index contributed by atoms with van der Waals surface area (Å²) in [5, 5.41) is 10.3. The molecule has 0 radical (unpaired) electrons. The van der Waals surface area contributed by atoms with E-state index in [4.69, 9.17) is 0 Å². The third-order valence-electron chi connectivity index (χ3n) is 2.20. The van der Waals surface area contributed by atoms with Crippen molar-refractivity contribution in [2.75, 3.05) is 6.54 Å². The smallest absolute Gasteiger partial charge is 0.251 e. The van der Waals surface area contributed by atoms with Crippen molar-refractivity contribution >= 4 is 21.8 Å². The maximum Gasteiger partial charge on any atom is 0.251 e. The quantitative estimate of drug-likeness (QED) is 0.929. The van der Waals surface area contributed by atoms with Crippen LogP contribution in [0.15, 0.2) is 41.1 Å². The number of carbonyl (C=O) groups excluding carboxylic acids is 1. The minimum atomic E-state index is -0.0855. The van der Waals surface area contributed by atoms with Gasteiger partial charge in [-0.2, -0.15) is 0 Å². The molecule has 6 heteroatoms. The summed E-state index contributed by atoms with van der Waals surface area (Å²) in [7, 11) is 0. The van der Waals surface area contributed by atoms with Crippen molar-refractivity contribution in [2.24, 2.45) is 0 Å². The Labute approximate surface area is 107 Å². The number of nitrogens with one attached hydrogen (secondary N) is 1. The van der Waals surface area contributed by atoms with Gasteiger partial charge in [-0.15, -0.1) is 5.10 Å². The van der Waals surface area contributed by atoms with Crippen LogP contribution in [0.2, 0.25) is 0 Å². The number of nitrogens with zero attached hydrogens (tertiary/aromatic N) is 3. The summed E-state index contributed by atoms with van der Waals surface area (Å²) in [5.74, 6) is -0.0855. The van der Waals surface area contributed by atoms with Crippen molar-refractivity contribution in [3.8, 4) is 0 Å². The molecule has 1 aromatic carbocycles. The van der Waals surface area contributed by atoms with Crippen LogP contribution in [-0.2, 0) is 6.54 Å². The molecule has 0 fully saturated rings. The second-order valence-electron chi connectivity index (χ2n) is 3.43. The molecule has 1 heterocycles. The van der Waals surface area contributed by atoms with Crippen LogP contribution in [0, 0.1) is 0 Å². The predicted octanol–water partition coefficient (Wildman–Crippen LogP) is 1.47. The van der Waals surface area contributed by atoms with E-state index in [1.54, 1.807) is 29.2 Å². The molecule has 0 aliphatic heterocycles. The summed E-state index contributed by atoms with van der Waals surface area (Å²) in [5.41, 5.74) is 0.645. The molecule has 1 amide bonds. The number of aromatic nitrogens is 3. The second-order valence-corrected chi connectivity index (χ2v) is 4.34. The van der Waals surface area contributed by atoms with Gasteiger partial charge in [0.25, 0.3) is 5.91 Å². The Kier molecular flexibility index (Phi) is 3.87. The second kappa shape index (κ2) is 5.58. The zero-order valence-electron chi connectivity index (χ0n) is 9.01. The number of hydrogen-bond donors (Lipinski definition) is 1. The van der Waals surface area contributed by atoms with E-state index in [2.05, 4.69) is 31.6 Å². The Morgan fingerprint density at radius 3 is 2.76 bits per heavy atom. The lowest BCUT2D eigenvalue weighted by Crippen LogP contribution is -2.27. The molecule has 0 bridgehead atoms. The zero-order valence-corrected chi connectivity index (χ0v) is 10.6. The van der Waals surface area contributed by atoms with Gasteiger partial charge < -0.3 is 5.32 Å². The fourth-order valence-corrected chi connectivity index (χ4v) is 1.60. The zero-order chi connectivity index (χ0) is 12.1. The van der Waals surface area contributed by atoms with E-state index in [0.29, 0.717) is 18.7 Å². The first-order valence-electron chi connectivity index (χ1n) is 5.13. The first-order valence-corrected chi connectivity index (χ1v) is 5.93. The fraction of sp³-hybridized carbons (Fsp3) is 0.182. The molecule has 1 aromatic heterocycles. The van der Waals surface area contributed by atoms with Crippen LogP contribution in [-0.4, -0.2) is 27.4 Å². The van der Waals surface area contributed by atoms with Crippen LogP contribution in [0.1, 0.15) is 10.4 Å². The largest absolute Gasteiger partial charge is 0.350 e. The van der Waals surface area contributed by atoms with Gasteiger partial charge >= 0.3 is 0 Å². The van der Waals surface area contributed by atoms with Gasteiger partial charge in [-0.3, -0.25) is 9.48 Å². The number of amides is 1. The molecule has 2 aromatic rings. The highest BCUT2D eigenvalue weighted by molar-refractivity contribution is 9.10. The maximum atomic E-state index is 11.7. The minimum absolute atomic E-state index is 0.0855. The summed E-state index contributed by atoms with van der Waals surface area (Å²) in [6, 6.07) is 7.22. The van der Waals surface area contributed by atoms with Gasteiger partial charge in [-0.05, 0) is 24.3 Å². The lowest BCUT2D eigenvalue weighted by atomic mass is 10.2. The molecule has 0 saturated carbocycles. The van der Waals surface area contributed by atoms with E-state index < -0.39 is 0 Å². The molecule has 0 atom stereocenters. The van der Waals surface area contributed by atoms with Crippen LogP contribution >= 0.6 is 15.9 Å². The monoisotopic (exact) mass is 294 g/mol. The molecule has 0 unspecified atom stereocenters. The van der Waals surface area contributed by atoms with Gasteiger partial charge in [0.1, 0.15) is 0 Å². The summed E-state index contributed by atoms with van der Waals surface area (Å²) in [6.45, 7) is 1.14. The molecule has 0 spiro atoms. The molecular weight excluding hydrogens is 284 g/mol. The number of benzene rings is 1. The molecular formula is C11H11BrN4O. The highest BCUT2D eigenvalue weighted by Gasteiger charge is 2.03. The summed E-state index contributed by atoms with van der Waals surface area (Å²) in [6.07, 6.45) is 3.36. The van der Waals surface area contributed by atoms with Gasteiger partial charge in [0.05, 0.1) is 12.7 Å². The number of rotatable bonds is 4. The van der Waals surface area contributed by atoms with Crippen molar-refractivity contribution in [3.05, 3.63) is 46.7 Å². The molecule has 88 valence electrons. The predicted molar refractivity (Wildman–Crippen MR) is 66.5 cm³/mol. The maximum absolute atomic E-state index is 11.7. The van der Waals surface area contributed by atoms with E-state index in [-0.39, 0.29) is 5.91 Å². The van der Waals surface area contributed by atoms with Crippen molar-refractivity contribution in [2.45, 2.75) is 6.54 Å². The Morgan fingerprint density at radius 1 is 1.35 bits per heavy atom. The Hall–Kier alpha value is -1.69. The fourth-order valence-electron chi connectivity index (χ4n) is 1.34. The van der Waals surface area contributed by atoms with Crippen LogP contribution < -0.4 is 5.32 Å². The number of halogens is 1. The van der Waals surface area contributed by atoms with E-state index in [1.165, 1.54) is 0 Å². The van der Waals surface area contributed by atoms with Gasteiger partial charge in [0.15, 0.2) is 0 Å². The molecule has 0 aliphatic rings. The lowest BCUT2D eigenvalue weighted by molar-refractivity contribution is 0.0952. The summed E-state index contributed by atoms with van der Waals surface area (Å²) < 4.78 is 2.62. The van der Waals surface area contributed by atoms with E-state index in [9.17, 15) is 4.79 Å². The highest BCUT2D eigenvalue weighted by Crippen LogP contribution is 2.10. The number of carbonyl (C=O) groups is 1. The Balaban J connectivity index is 1.83. The topological polar surface area (TPSA) is 59.8 Å². The van der Waals surface area contributed by atoms with Gasteiger partial charge in [0.2, 0.25) is 0 Å². The van der Waals surface area contributed by atoms with Crippen molar-refractivity contribution in [1.82, 2.24) is 20.3 Å². The Bertz CT molecular complexity index is 481. The van der Waals surface area contributed by atoms with Crippen LogP contribution in [0.25, 0.3) is 0 Å². The first-order chi connectivity index (χ1) is 8.25. The number of hydrogen-bond acceptors (Lipinski definition) is 3. The average molecular weight is 295 g/mol. The van der Waals surface area contributed by atoms with Gasteiger partial charge in [-0.1, -0.05) is 21.1 Å². The van der Waals surface area contributed by atoms with Gasteiger partial charge in [0, 0.05) is 22.8 Å². The molecule has 1 N–H and O–H groups in total. The van der Waals surface area contributed by atoms with Crippen molar-refractivity contribution < 1.29 is 4.79 Å². The van der Waals surface area contributed by atoms with Crippen LogP contribution in [0.5, 0.6) is 0 Å². The molecule has 2 rings (SSSR count). The SMILES string of the molecule is O=C(NCCn1ccnn1)c1ccc(Br)cc1. The third-order valence-corrected chi connectivity index (χ3v) is 2.73. The van der Waals surface area contributed by atoms with Crippen LogP contribution in [0.3, 0.4) is 0 Å². The summed E-state index contributed by atoms with van der Waals surface area (Å²) in [4.78, 5) is 11.7. The van der Waals surface area contributed by atoms with Crippen molar-refractivity contribution in [1.29, 1.82) is 0 Å². The average Bonchev–Trinajstić information content (AvgIpc) is 2.83. The van der Waals surface area contributed by atoms with Crippen LogP contribution in [0.4, 0.5) is 0 Å². The standard InChI is InChI=1S/C11H11BrN4O/c12-10-3-1-9(2-4-10)11(17)13-5-7-16-8-6-14-15-16/h1-4,6,8H,5,7H2,(H,13,17). The summed E-state index contributed by atoms with van der Waals surface area (Å²) >= 11 is 3.32. The minimum Gasteiger partial charge on any atom is -0.350 e. The normalized spacial score (nSPS) is 10.2. The first kappa shape index (κ1) is 11.8.